The first-order valence-corrected chi connectivity index (χ1v) is 8.45. The lowest BCUT2D eigenvalue weighted by Crippen LogP contribution is -2.16. The van der Waals surface area contributed by atoms with Gasteiger partial charge in [-0.05, 0) is 36.5 Å². The number of hydrogen-bond acceptors (Lipinski definition) is 2. The minimum atomic E-state index is -4.28. The zero-order valence-electron chi connectivity index (χ0n) is 12.5. The highest BCUT2D eigenvalue weighted by atomic mass is 32.2. The Morgan fingerprint density at radius 3 is 2.62 bits per heavy atom. The number of benzene rings is 1. The fourth-order valence-corrected chi connectivity index (χ4v) is 3.13. The molecule has 1 aromatic carbocycles. The van der Waals surface area contributed by atoms with Gasteiger partial charge in [0.2, 0.25) is 0 Å². The molecule has 21 heavy (non-hydrogen) atoms. The van der Waals surface area contributed by atoms with Crippen LogP contribution < -0.4 is 5.32 Å². The summed E-state index contributed by atoms with van der Waals surface area (Å²) in [6, 6.07) is 5.23. The maximum atomic E-state index is 13.2. The molecule has 118 valence electrons. The molecular weight excluding hydrogens is 295 g/mol. The Balaban J connectivity index is 2.10. The van der Waals surface area contributed by atoms with E-state index in [-0.39, 0.29) is 0 Å². The van der Waals surface area contributed by atoms with Gasteiger partial charge in [0, 0.05) is 23.2 Å². The first-order valence-electron chi connectivity index (χ1n) is 7.46. The molecule has 1 atom stereocenters. The standard InChI is InChI=1S/C16H22F3NS/c1-3-11(2)10-21-15-7-4-12(9-20-13-5-6-13)8-14(15)16(17,18)19/h4,7-8,11,13,20H,3,5-6,9-10H2,1-2H3. The number of nitrogens with one attached hydrogen (secondary N) is 1. The van der Waals surface area contributed by atoms with Crippen molar-refractivity contribution in [1.82, 2.24) is 5.32 Å². The Hall–Kier alpha value is -0.680. The van der Waals surface area contributed by atoms with Crippen LogP contribution in [0, 0.1) is 5.92 Å². The van der Waals surface area contributed by atoms with Crippen LogP contribution in [-0.2, 0) is 12.7 Å². The van der Waals surface area contributed by atoms with E-state index >= 15 is 0 Å². The smallest absolute Gasteiger partial charge is 0.310 e. The number of alkyl halides is 3. The molecule has 0 bridgehead atoms. The Bertz CT molecular complexity index is 469. The van der Waals surface area contributed by atoms with Gasteiger partial charge in [-0.1, -0.05) is 26.3 Å². The highest BCUT2D eigenvalue weighted by molar-refractivity contribution is 7.99. The summed E-state index contributed by atoms with van der Waals surface area (Å²) < 4.78 is 39.6. The second-order valence-electron chi connectivity index (χ2n) is 5.81. The van der Waals surface area contributed by atoms with Gasteiger partial charge in [-0.3, -0.25) is 0 Å². The van der Waals surface area contributed by atoms with Crippen molar-refractivity contribution in [1.29, 1.82) is 0 Å². The highest BCUT2D eigenvalue weighted by Gasteiger charge is 2.34. The normalized spacial score (nSPS) is 17.0. The van der Waals surface area contributed by atoms with Crippen LogP contribution in [0.4, 0.5) is 13.2 Å². The predicted molar refractivity (Wildman–Crippen MR) is 81.5 cm³/mol. The van der Waals surface area contributed by atoms with Crippen molar-refractivity contribution in [2.45, 2.75) is 56.8 Å². The molecule has 1 aromatic rings. The Labute approximate surface area is 128 Å². The van der Waals surface area contributed by atoms with E-state index in [1.807, 2.05) is 6.07 Å². The summed E-state index contributed by atoms with van der Waals surface area (Å²) in [4.78, 5) is 0.345. The summed E-state index contributed by atoms with van der Waals surface area (Å²) in [6.07, 6.45) is -1.03. The summed E-state index contributed by atoms with van der Waals surface area (Å²) in [6.45, 7) is 4.64. The highest BCUT2D eigenvalue weighted by Crippen LogP contribution is 2.38. The van der Waals surface area contributed by atoms with Crippen LogP contribution in [0.25, 0.3) is 0 Å². The molecule has 1 unspecified atom stereocenters. The summed E-state index contributed by atoms with van der Waals surface area (Å²) in [5.41, 5.74) is 0.216. The second kappa shape index (κ2) is 7.05. The second-order valence-corrected chi connectivity index (χ2v) is 6.87. The number of thioether (sulfide) groups is 1. The minimum Gasteiger partial charge on any atom is -0.310 e. The van der Waals surface area contributed by atoms with Gasteiger partial charge >= 0.3 is 6.18 Å². The van der Waals surface area contributed by atoms with E-state index in [9.17, 15) is 13.2 Å². The largest absolute Gasteiger partial charge is 0.417 e. The third-order valence-electron chi connectivity index (χ3n) is 3.74. The molecule has 1 N–H and O–H groups in total. The molecule has 0 aromatic heterocycles. The maximum absolute atomic E-state index is 13.2. The first-order chi connectivity index (χ1) is 9.90. The van der Waals surface area contributed by atoms with E-state index in [2.05, 4.69) is 19.2 Å². The third-order valence-corrected chi connectivity index (χ3v) is 5.14. The quantitative estimate of drug-likeness (QED) is 0.703. The molecule has 1 nitrogen and oxygen atoms in total. The van der Waals surface area contributed by atoms with E-state index in [1.54, 1.807) is 6.07 Å². The summed E-state index contributed by atoms with van der Waals surface area (Å²) >= 11 is 1.31. The van der Waals surface area contributed by atoms with Gasteiger partial charge in [0.25, 0.3) is 0 Å². The Kier molecular flexibility index (Phi) is 5.60. The summed E-state index contributed by atoms with van der Waals surface area (Å²) in [7, 11) is 0. The Morgan fingerprint density at radius 1 is 1.33 bits per heavy atom. The molecule has 0 amide bonds. The van der Waals surface area contributed by atoms with Gasteiger partial charge in [-0.25, -0.2) is 0 Å². The zero-order valence-corrected chi connectivity index (χ0v) is 13.3. The van der Waals surface area contributed by atoms with Crippen molar-refractivity contribution in [3.8, 4) is 0 Å². The summed E-state index contributed by atoms with van der Waals surface area (Å²) in [5, 5.41) is 3.26. The lowest BCUT2D eigenvalue weighted by atomic mass is 10.1. The van der Waals surface area contributed by atoms with Crippen LogP contribution in [0.15, 0.2) is 23.1 Å². The van der Waals surface area contributed by atoms with Crippen molar-refractivity contribution < 1.29 is 13.2 Å². The van der Waals surface area contributed by atoms with E-state index in [4.69, 9.17) is 0 Å². The monoisotopic (exact) mass is 317 g/mol. The molecule has 0 heterocycles. The van der Waals surface area contributed by atoms with Crippen LogP contribution in [0.1, 0.15) is 44.2 Å². The van der Waals surface area contributed by atoms with Crippen molar-refractivity contribution in [2.24, 2.45) is 5.92 Å². The van der Waals surface area contributed by atoms with Crippen LogP contribution >= 0.6 is 11.8 Å². The van der Waals surface area contributed by atoms with E-state index in [0.717, 1.165) is 25.0 Å². The van der Waals surface area contributed by atoms with Gasteiger partial charge in [0.15, 0.2) is 0 Å². The molecule has 1 aliphatic rings. The lowest BCUT2D eigenvalue weighted by molar-refractivity contribution is -0.139. The fraction of sp³-hybridized carbons (Fsp3) is 0.625. The molecule has 1 aliphatic carbocycles. The van der Waals surface area contributed by atoms with Crippen LogP contribution in [-0.4, -0.2) is 11.8 Å². The van der Waals surface area contributed by atoms with E-state index in [0.29, 0.717) is 29.0 Å². The number of hydrogen-bond donors (Lipinski definition) is 1. The van der Waals surface area contributed by atoms with Gasteiger partial charge in [-0.2, -0.15) is 13.2 Å². The van der Waals surface area contributed by atoms with Crippen molar-refractivity contribution in [3.63, 3.8) is 0 Å². The van der Waals surface area contributed by atoms with Crippen molar-refractivity contribution in [3.05, 3.63) is 29.3 Å². The molecular formula is C16H22F3NS. The van der Waals surface area contributed by atoms with Gasteiger partial charge in [-0.15, -0.1) is 11.8 Å². The molecule has 0 radical (unpaired) electrons. The molecule has 1 fully saturated rings. The fourth-order valence-electron chi connectivity index (χ4n) is 1.93. The average molecular weight is 317 g/mol. The number of rotatable bonds is 7. The van der Waals surface area contributed by atoms with E-state index in [1.165, 1.54) is 17.8 Å². The SMILES string of the molecule is CCC(C)CSc1ccc(CNC2CC2)cc1C(F)(F)F. The Morgan fingerprint density at radius 2 is 2.05 bits per heavy atom. The van der Waals surface area contributed by atoms with Gasteiger partial charge in [0.05, 0.1) is 5.56 Å². The zero-order chi connectivity index (χ0) is 15.5. The van der Waals surface area contributed by atoms with Crippen LogP contribution in [0.2, 0.25) is 0 Å². The molecule has 1 saturated carbocycles. The number of halogens is 3. The minimum absolute atomic E-state index is 0.345. The van der Waals surface area contributed by atoms with Gasteiger partial charge in [0.1, 0.15) is 0 Å². The van der Waals surface area contributed by atoms with Crippen LogP contribution in [0.5, 0.6) is 0 Å². The summed E-state index contributed by atoms with van der Waals surface area (Å²) in [5.74, 6) is 1.14. The molecule has 0 saturated heterocycles. The average Bonchev–Trinajstić information content (AvgIpc) is 3.26. The van der Waals surface area contributed by atoms with Gasteiger partial charge < -0.3 is 5.32 Å². The maximum Gasteiger partial charge on any atom is 0.417 e. The van der Waals surface area contributed by atoms with E-state index < -0.39 is 11.7 Å². The van der Waals surface area contributed by atoms with Crippen molar-refractivity contribution in [2.75, 3.05) is 5.75 Å². The molecule has 2 rings (SSSR count). The van der Waals surface area contributed by atoms with Crippen molar-refractivity contribution >= 4 is 11.8 Å². The molecule has 0 spiro atoms. The van der Waals surface area contributed by atoms with Crippen LogP contribution in [0.3, 0.4) is 0 Å². The molecule has 5 heteroatoms. The third kappa shape index (κ3) is 5.22. The topological polar surface area (TPSA) is 12.0 Å². The predicted octanol–water partition coefficient (Wildman–Crippen LogP) is 5.10. The molecule has 0 aliphatic heterocycles. The lowest BCUT2D eigenvalue weighted by Gasteiger charge is -2.16. The first kappa shape index (κ1) is 16.7.